The van der Waals surface area contributed by atoms with Gasteiger partial charge >= 0.3 is 0 Å². The summed E-state index contributed by atoms with van der Waals surface area (Å²) in [4.78, 5) is 68.7. The maximum Gasteiger partial charge on any atom is 0.225 e. The van der Waals surface area contributed by atoms with Crippen LogP contribution in [0.5, 0.6) is 0 Å². The van der Waals surface area contributed by atoms with Crippen molar-refractivity contribution in [3.63, 3.8) is 0 Å². The van der Waals surface area contributed by atoms with Gasteiger partial charge in [0.25, 0.3) is 0 Å². The number of aliphatic hydroxyl groups excluding tert-OH is 1. The molecule has 3 aliphatic heterocycles. The fourth-order valence-corrected chi connectivity index (χ4v) is 13.6. The summed E-state index contributed by atoms with van der Waals surface area (Å²) < 4.78 is 18.5. The van der Waals surface area contributed by atoms with E-state index in [4.69, 9.17) is 26.9 Å². The van der Waals surface area contributed by atoms with Crippen LogP contribution in [-0.2, 0) is 4.74 Å². The van der Waals surface area contributed by atoms with Gasteiger partial charge in [0.1, 0.15) is 34.6 Å². The van der Waals surface area contributed by atoms with Gasteiger partial charge < -0.3 is 30.3 Å². The molecule has 3 saturated heterocycles. The summed E-state index contributed by atoms with van der Waals surface area (Å²) in [6.07, 6.45) is 26.3. The highest BCUT2D eigenvalue weighted by Crippen LogP contribution is 2.30. The molecule has 11 aromatic heterocycles. The lowest BCUT2D eigenvalue weighted by Gasteiger charge is -2.23. The molecule has 0 radical (unpaired) electrons. The van der Waals surface area contributed by atoms with Crippen LogP contribution in [0, 0.1) is 55.2 Å². The zero-order chi connectivity index (χ0) is 93.2. The maximum atomic E-state index is 13.0. The Morgan fingerprint density at radius 3 is 1.50 bits per heavy atom. The summed E-state index contributed by atoms with van der Waals surface area (Å²) in [6, 6.07) is 32.1. The monoisotopic (exact) mass is 1760 g/mol. The summed E-state index contributed by atoms with van der Waals surface area (Å²) >= 11 is 7.57. The first-order chi connectivity index (χ1) is 60.5. The fraction of sp³-hybridized carbons (Fsp3) is 0.495. The highest BCUT2D eigenvalue weighted by atomic mass is 35.5. The number of aryl methyl sites for hydroxylation is 3. The van der Waals surface area contributed by atoms with Crippen molar-refractivity contribution in [1.82, 2.24) is 74.8 Å². The van der Waals surface area contributed by atoms with Crippen molar-refractivity contribution < 1.29 is 14.2 Å². The molecule has 15 rings (SSSR count). The number of aliphatic hydroxyl groups is 1. The van der Waals surface area contributed by atoms with E-state index >= 15 is 0 Å². The van der Waals surface area contributed by atoms with E-state index in [0.717, 1.165) is 149 Å². The number of hydrogen-bond acceptors (Lipinski definition) is 24. The summed E-state index contributed by atoms with van der Waals surface area (Å²) in [7, 11) is 0. The third-order valence-electron chi connectivity index (χ3n) is 20.2. The zero-order valence-corrected chi connectivity index (χ0v) is 81.2. The van der Waals surface area contributed by atoms with E-state index in [1.807, 2.05) is 163 Å². The van der Waals surface area contributed by atoms with Gasteiger partial charge in [0.2, 0.25) is 17.8 Å². The van der Waals surface area contributed by atoms with E-state index in [2.05, 4.69) is 239 Å². The zero-order valence-electron chi connectivity index (χ0n) is 79.6. The Morgan fingerprint density at radius 2 is 1.03 bits per heavy atom. The van der Waals surface area contributed by atoms with Crippen LogP contribution >= 0.6 is 22.9 Å². The van der Waals surface area contributed by atoms with Crippen molar-refractivity contribution in [1.29, 1.82) is 10.5 Å². The molecule has 3 atom stereocenters. The highest BCUT2D eigenvalue weighted by Gasteiger charge is 2.26. The number of β-amino-alcohol motifs (C(OH)–C–C–N with tert-alkyl or cyclic N) is 1. The van der Waals surface area contributed by atoms with E-state index < -0.39 is 0 Å². The van der Waals surface area contributed by atoms with Crippen LogP contribution in [0.3, 0.4) is 0 Å². The largest absolute Gasteiger partial charge is 0.391 e. The highest BCUT2D eigenvalue weighted by molar-refractivity contribution is 7.13. The van der Waals surface area contributed by atoms with Crippen molar-refractivity contribution in [2.75, 3.05) is 59.8 Å². The molecule has 23 nitrogen and oxygen atoms in total. The molecule has 14 heterocycles. The van der Waals surface area contributed by atoms with E-state index in [-0.39, 0.29) is 17.8 Å². The molecule has 4 fully saturated rings. The number of halogens is 2. The van der Waals surface area contributed by atoms with Crippen LogP contribution in [0.1, 0.15) is 328 Å². The van der Waals surface area contributed by atoms with Crippen LogP contribution in [0.15, 0.2) is 158 Å². The number of rotatable bonds is 17. The van der Waals surface area contributed by atoms with E-state index in [0.29, 0.717) is 93.7 Å². The number of nitrogens with zero attached hydrogens (tertiary/aromatic N) is 19. The Labute approximate surface area is 766 Å². The second kappa shape index (κ2) is 55.0. The average Bonchev–Trinajstić information content (AvgIpc) is 1.46. The van der Waals surface area contributed by atoms with Gasteiger partial charge in [-0.05, 0) is 208 Å². The lowest BCUT2D eigenvalue weighted by molar-refractivity contribution is 0.0874. The minimum absolute atomic E-state index is 0.163. The standard InChI is InChI=1S/C13H17N3O.C12H19N3O.C12H19N3.C11H12N2S.C10H15N3.C9H9ClN2.C9H12FN.C9H13N.C8H12N2.C8H11N/c1-9(2)12-4-3-10(7-14)13(15-12)16-6-5-11(17)8-16;1-9(2)11-5-6-13-12(15-11)14-10-4-3-7-16-8-10;1-9(2)11-4-6-13-12(14-11)15-7-5-10(3)8-15;1-8(2)10-7-14-11(13-10)9-4-3-5-12-6-9;1-7(2)9-5-6-11-10(13-9)12-8-3-4-8;1-6(2)9-8(10)3-7(4-11)5-12-9;1-6(2)9-8(10)4-7(3)5-11-9;1-7(2)9-5-4-8(3)6-10-9;1-6(2)8-9-4-7(3)5-10-8;1-7(2)8-5-3-4-6-9-8/h3-4,9,11,17H,5-6,8H2,1-2H3;5-6,9-10H,3-4,7-8H2,1-2H3,(H,13,14,15);4,6,9-10H,5,7-8H2,1-3H3;3-8H,1-2H3;5-8H,3-4H2,1-2H3,(H,11,12,13);3,5-6H,1-2H3;4-6H,1-3H3;4-7H,1-3H3;4-6H,1-3H3;3-7H,1-2H3. The van der Waals surface area contributed by atoms with Gasteiger partial charge in [-0.15, -0.1) is 11.3 Å². The van der Waals surface area contributed by atoms with Gasteiger partial charge in [-0.3, -0.25) is 24.9 Å². The number of hydrogen-bond donors (Lipinski definition) is 3. The second-order valence-corrected chi connectivity index (χ2v) is 36.7. The first-order valence-electron chi connectivity index (χ1n) is 44.9. The molecule has 3 N–H and O–H groups in total. The van der Waals surface area contributed by atoms with Gasteiger partial charge in [0, 0.05) is 158 Å². The van der Waals surface area contributed by atoms with Gasteiger partial charge in [0.15, 0.2) is 0 Å². The quantitative estimate of drug-likeness (QED) is 0.0763. The number of aromatic nitrogens is 15. The molecule has 0 spiro atoms. The Hall–Kier alpha value is -10.8. The molecule has 127 heavy (non-hydrogen) atoms. The Bertz CT molecular complexity index is 5000. The van der Waals surface area contributed by atoms with Crippen molar-refractivity contribution in [3.8, 4) is 22.7 Å². The number of thiazole rings is 1. The van der Waals surface area contributed by atoms with Gasteiger partial charge in [0.05, 0.1) is 52.0 Å². The van der Waals surface area contributed by atoms with Crippen LogP contribution in [-0.4, -0.2) is 137 Å². The molecule has 680 valence electrons. The summed E-state index contributed by atoms with van der Waals surface area (Å²) in [6.45, 7) is 55.3. The van der Waals surface area contributed by atoms with Crippen LogP contribution in [0.4, 0.5) is 28.1 Å². The Morgan fingerprint density at radius 1 is 0.472 bits per heavy atom. The number of ether oxygens (including phenoxy) is 1. The number of nitrogens with one attached hydrogen (secondary N) is 2. The average molecular weight is 1770 g/mol. The molecule has 1 saturated carbocycles. The first kappa shape index (κ1) is 105. The Kier molecular flexibility index (Phi) is 45.5. The minimum Gasteiger partial charge on any atom is -0.391 e. The van der Waals surface area contributed by atoms with Gasteiger partial charge in [-0.1, -0.05) is 169 Å². The van der Waals surface area contributed by atoms with E-state index in [1.54, 1.807) is 36.0 Å². The molecule has 1 aliphatic carbocycles. The minimum atomic E-state index is -0.300. The van der Waals surface area contributed by atoms with Crippen molar-refractivity contribution >= 4 is 46.6 Å². The number of pyridine rings is 6. The topological polar surface area (TPSA) is 301 Å². The van der Waals surface area contributed by atoms with Crippen LogP contribution in [0.2, 0.25) is 5.02 Å². The van der Waals surface area contributed by atoms with Crippen molar-refractivity contribution in [2.24, 2.45) is 5.92 Å². The fourth-order valence-electron chi connectivity index (χ4n) is 12.3. The SMILES string of the molecule is CC(C)c1ccc(C#N)c(N2CCC(O)C2)n1.CC(C)c1ccccn1.CC(C)c1ccnc(NC2CC2)n1.CC(C)c1ccnc(NC2CCCOC2)n1.CC(C)c1csc(-c2cccnc2)n1.CC(C)c1ncc(C#N)cc1Cl.CC1CCN(c2nccc(C(C)C)n2)C1.Cc1ccc(C(C)C)nc1.Cc1cnc(C(C)C)c(F)c1.Cc1cnc(C(C)C)nc1. The maximum absolute atomic E-state index is 13.0. The normalized spacial score (nSPS) is 14.9. The third-order valence-corrected chi connectivity index (χ3v) is 21.4. The van der Waals surface area contributed by atoms with E-state index in [9.17, 15) is 9.50 Å². The lowest BCUT2D eigenvalue weighted by atomic mass is 10.1. The predicted octanol–water partition coefficient (Wildman–Crippen LogP) is 23.8. The molecule has 0 bridgehead atoms. The van der Waals surface area contributed by atoms with E-state index in [1.165, 1.54) is 36.6 Å². The van der Waals surface area contributed by atoms with Crippen molar-refractivity contribution in [3.05, 3.63) is 254 Å². The number of anilines is 4. The molecular formula is C101H139ClFN21O2S. The summed E-state index contributed by atoms with van der Waals surface area (Å²) in [5.41, 5.74) is 14.6. The third kappa shape index (κ3) is 38.3. The molecule has 0 amide bonds. The number of nitriles is 2. The lowest BCUT2D eigenvalue weighted by Crippen LogP contribution is -2.30. The molecule has 26 heteroatoms. The molecule has 0 aromatic carbocycles. The van der Waals surface area contributed by atoms with Crippen LogP contribution < -0.4 is 20.4 Å². The Balaban J connectivity index is 0.000000219. The smallest absolute Gasteiger partial charge is 0.225 e. The second-order valence-electron chi connectivity index (χ2n) is 35.4. The first-order valence-corrected chi connectivity index (χ1v) is 46.1. The van der Waals surface area contributed by atoms with Gasteiger partial charge in [-0.2, -0.15) is 10.5 Å². The van der Waals surface area contributed by atoms with Gasteiger partial charge in [-0.25, -0.2) is 54.2 Å². The molecular weight excluding hydrogens is 1630 g/mol. The molecule has 3 unspecified atom stereocenters. The molecule has 11 aromatic rings. The van der Waals surface area contributed by atoms with Crippen molar-refractivity contribution in [2.45, 2.75) is 282 Å². The van der Waals surface area contributed by atoms with Crippen LogP contribution in [0.25, 0.3) is 10.6 Å². The predicted molar refractivity (Wildman–Crippen MR) is 517 cm³/mol. The molecule has 4 aliphatic rings. The summed E-state index contributed by atoms with van der Waals surface area (Å²) in [5, 5.41) is 37.6. The summed E-state index contributed by atoms with van der Waals surface area (Å²) in [5.74, 6) is 8.85.